The van der Waals surface area contributed by atoms with Crippen molar-refractivity contribution in [1.82, 2.24) is 5.32 Å². The Labute approximate surface area is 105 Å². The molecule has 0 saturated heterocycles. The van der Waals surface area contributed by atoms with Crippen molar-refractivity contribution in [2.24, 2.45) is 0 Å². The van der Waals surface area contributed by atoms with Crippen molar-refractivity contribution in [3.05, 3.63) is 41.5 Å². The number of ether oxygens (including phenoxy) is 1. The van der Waals surface area contributed by atoms with Crippen LogP contribution in [0.25, 0.3) is 0 Å². The Morgan fingerprint density at radius 2 is 1.94 bits per heavy atom. The first kappa shape index (κ1) is 13.8. The maximum Gasteiger partial charge on any atom is 0.247 e. The predicted octanol–water partition coefficient (Wildman–Crippen LogP) is 0.00760. The lowest BCUT2D eigenvalue weighted by molar-refractivity contribution is -0.297. The smallest absolute Gasteiger partial charge is 0.247 e. The van der Waals surface area contributed by atoms with Crippen LogP contribution < -0.4 is 15.2 Å². The molecular weight excluding hydrogens is 234 g/mol. The van der Waals surface area contributed by atoms with Gasteiger partial charge in [0.15, 0.2) is 0 Å². The van der Waals surface area contributed by atoms with Gasteiger partial charge in [-0.1, -0.05) is 12.1 Å². The molecule has 0 atom stereocenters. The molecule has 18 heavy (non-hydrogen) atoms. The summed E-state index contributed by atoms with van der Waals surface area (Å²) in [6, 6.07) is 7.20. The lowest BCUT2D eigenvalue weighted by Crippen LogP contribution is -2.26. The Kier molecular flexibility index (Phi) is 4.92. The van der Waals surface area contributed by atoms with E-state index in [-0.39, 0.29) is 5.57 Å². The Hall–Kier alpha value is -2.30. The number of nitrogens with one attached hydrogen (secondary N) is 1. The maximum absolute atomic E-state index is 11.5. The van der Waals surface area contributed by atoms with E-state index in [4.69, 9.17) is 4.74 Å². The van der Waals surface area contributed by atoms with Gasteiger partial charge in [-0.15, -0.1) is 0 Å². The van der Waals surface area contributed by atoms with Crippen molar-refractivity contribution < 1.29 is 19.4 Å². The van der Waals surface area contributed by atoms with Gasteiger partial charge in [0.05, 0.1) is 13.1 Å². The van der Waals surface area contributed by atoms with Crippen LogP contribution in [0.2, 0.25) is 0 Å². The molecule has 0 unspecified atom stereocenters. The van der Waals surface area contributed by atoms with Crippen LogP contribution in [0.3, 0.4) is 0 Å². The number of carboxylic acids is 1. The summed E-state index contributed by atoms with van der Waals surface area (Å²) in [5.41, 5.74) is 0.994. The molecule has 0 fully saturated rings. The number of aliphatic carboxylic acids is 1. The summed E-state index contributed by atoms with van der Waals surface area (Å²) in [5.74, 6) is -1.08. The molecule has 1 aromatic rings. The number of carbonyl (C=O) groups is 2. The maximum atomic E-state index is 11.5. The van der Waals surface area contributed by atoms with Crippen LogP contribution in [0.5, 0.6) is 5.75 Å². The molecule has 0 aliphatic rings. The Balaban J connectivity index is 2.54. The second-order valence-corrected chi connectivity index (χ2v) is 3.68. The number of hydrogen-bond acceptors (Lipinski definition) is 4. The van der Waals surface area contributed by atoms with Gasteiger partial charge in [0.2, 0.25) is 5.91 Å². The monoisotopic (exact) mass is 248 g/mol. The molecule has 0 bridgehead atoms. The molecule has 96 valence electrons. The van der Waals surface area contributed by atoms with E-state index < -0.39 is 11.9 Å². The quantitative estimate of drug-likeness (QED) is 0.744. The summed E-state index contributed by atoms with van der Waals surface area (Å²) in [4.78, 5) is 21.8. The summed E-state index contributed by atoms with van der Waals surface area (Å²) in [5, 5.41) is 12.9. The molecule has 1 N–H and O–H groups in total. The molecule has 1 aromatic carbocycles. The van der Waals surface area contributed by atoms with Gasteiger partial charge in [-0.25, -0.2) is 0 Å². The molecule has 0 spiro atoms. The molecule has 0 aliphatic carbocycles. The SMILES string of the molecule is COc1ccc(CNC(=O)C(C)=CC(=O)[O-])cc1. The number of benzene rings is 1. The number of methoxy groups -OCH3 is 1. The van der Waals surface area contributed by atoms with Gasteiger partial charge in [0.1, 0.15) is 5.75 Å². The summed E-state index contributed by atoms with van der Waals surface area (Å²) < 4.78 is 5.01. The van der Waals surface area contributed by atoms with Gasteiger partial charge in [0.25, 0.3) is 0 Å². The van der Waals surface area contributed by atoms with Crippen molar-refractivity contribution in [2.45, 2.75) is 13.5 Å². The van der Waals surface area contributed by atoms with E-state index in [0.29, 0.717) is 6.54 Å². The first-order valence-electron chi connectivity index (χ1n) is 5.33. The van der Waals surface area contributed by atoms with Crippen molar-refractivity contribution >= 4 is 11.9 Å². The fourth-order valence-electron chi connectivity index (χ4n) is 1.31. The number of hydrogen-bond donors (Lipinski definition) is 1. The van der Waals surface area contributed by atoms with E-state index in [0.717, 1.165) is 17.4 Å². The van der Waals surface area contributed by atoms with Gasteiger partial charge in [-0.05, 0) is 30.7 Å². The van der Waals surface area contributed by atoms with E-state index in [1.165, 1.54) is 6.92 Å². The van der Waals surface area contributed by atoms with Crippen molar-refractivity contribution in [1.29, 1.82) is 0 Å². The zero-order valence-corrected chi connectivity index (χ0v) is 10.2. The van der Waals surface area contributed by atoms with Crippen molar-refractivity contribution in [3.63, 3.8) is 0 Å². The highest BCUT2D eigenvalue weighted by molar-refractivity contribution is 5.97. The van der Waals surface area contributed by atoms with E-state index in [1.54, 1.807) is 19.2 Å². The molecule has 1 amide bonds. The predicted molar refractivity (Wildman–Crippen MR) is 63.6 cm³/mol. The summed E-state index contributed by atoms with van der Waals surface area (Å²) in [7, 11) is 1.57. The van der Waals surface area contributed by atoms with Gasteiger partial charge < -0.3 is 20.0 Å². The van der Waals surface area contributed by atoms with Crippen molar-refractivity contribution in [3.8, 4) is 5.75 Å². The molecule has 0 saturated carbocycles. The van der Waals surface area contributed by atoms with Crippen LogP contribution in [0.4, 0.5) is 0 Å². The number of carboxylic acid groups (broad SMARTS) is 1. The lowest BCUT2D eigenvalue weighted by atomic mass is 10.2. The Morgan fingerprint density at radius 3 is 2.44 bits per heavy atom. The molecule has 0 radical (unpaired) electrons. The molecule has 5 heteroatoms. The van der Waals surface area contributed by atoms with Gasteiger partial charge in [-0.3, -0.25) is 4.79 Å². The van der Waals surface area contributed by atoms with Crippen LogP contribution >= 0.6 is 0 Å². The van der Waals surface area contributed by atoms with E-state index in [1.807, 2.05) is 12.1 Å². The molecule has 5 nitrogen and oxygen atoms in total. The van der Waals surface area contributed by atoms with Gasteiger partial charge >= 0.3 is 0 Å². The largest absolute Gasteiger partial charge is 0.545 e. The van der Waals surface area contributed by atoms with Crippen LogP contribution in [-0.4, -0.2) is 19.0 Å². The minimum absolute atomic E-state index is 0.100. The van der Waals surface area contributed by atoms with E-state index >= 15 is 0 Å². The number of rotatable bonds is 5. The summed E-state index contributed by atoms with van der Waals surface area (Å²) in [6.07, 6.45) is 0.767. The standard InChI is InChI=1S/C13H15NO4/c1-9(7-12(15)16)13(17)14-8-10-3-5-11(18-2)6-4-10/h3-7H,8H2,1-2H3,(H,14,17)(H,15,16)/p-1. The Morgan fingerprint density at radius 1 is 1.33 bits per heavy atom. The van der Waals surface area contributed by atoms with Crippen LogP contribution in [0.15, 0.2) is 35.9 Å². The molecule has 1 rings (SSSR count). The fourth-order valence-corrected chi connectivity index (χ4v) is 1.31. The summed E-state index contributed by atoms with van der Waals surface area (Å²) in [6.45, 7) is 1.74. The second kappa shape index (κ2) is 6.44. The molecular formula is C13H14NO4-. The minimum Gasteiger partial charge on any atom is -0.545 e. The second-order valence-electron chi connectivity index (χ2n) is 3.68. The topological polar surface area (TPSA) is 78.5 Å². The Bertz CT molecular complexity index is 462. The highest BCUT2D eigenvalue weighted by Gasteiger charge is 2.03. The number of amides is 1. The van der Waals surface area contributed by atoms with Crippen LogP contribution in [0, 0.1) is 0 Å². The highest BCUT2D eigenvalue weighted by atomic mass is 16.5. The summed E-state index contributed by atoms with van der Waals surface area (Å²) >= 11 is 0. The van der Waals surface area contributed by atoms with Crippen LogP contribution in [0.1, 0.15) is 12.5 Å². The zero-order valence-electron chi connectivity index (χ0n) is 10.2. The third kappa shape index (κ3) is 4.29. The molecule has 0 heterocycles. The molecule has 0 aromatic heterocycles. The van der Waals surface area contributed by atoms with Gasteiger partial charge in [-0.2, -0.15) is 0 Å². The zero-order chi connectivity index (χ0) is 13.5. The third-order valence-corrected chi connectivity index (χ3v) is 2.30. The number of carbonyl (C=O) groups excluding carboxylic acids is 2. The lowest BCUT2D eigenvalue weighted by Gasteiger charge is -2.07. The first-order chi connectivity index (χ1) is 8.52. The van der Waals surface area contributed by atoms with Crippen LogP contribution in [-0.2, 0) is 16.1 Å². The van der Waals surface area contributed by atoms with Gasteiger partial charge in [0, 0.05) is 12.1 Å². The van der Waals surface area contributed by atoms with Crippen molar-refractivity contribution in [2.75, 3.05) is 7.11 Å². The normalized spacial score (nSPS) is 10.9. The fraction of sp³-hybridized carbons (Fsp3) is 0.231. The first-order valence-corrected chi connectivity index (χ1v) is 5.33. The average molecular weight is 248 g/mol. The minimum atomic E-state index is -1.38. The third-order valence-electron chi connectivity index (χ3n) is 2.30. The average Bonchev–Trinajstić information content (AvgIpc) is 2.35. The highest BCUT2D eigenvalue weighted by Crippen LogP contribution is 2.11. The van der Waals surface area contributed by atoms with E-state index in [9.17, 15) is 14.7 Å². The van der Waals surface area contributed by atoms with E-state index in [2.05, 4.69) is 5.32 Å². The molecule has 0 aliphatic heterocycles.